The molecule has 3 nitrogen and oxygen atoms in total. The van der Waals surface area contributed by atoms with Crippen LogP contribution in [0.5, 0.6) is 0 Å². The summed E-state index contributed by atoms with van der Waals surface area (Å²) in [6.45, 7) is 4.04. The minimum Gasteiger partial charge on any atom is -0.394 e. The Bertz CT molecular complexity index is 278. The maximum absolute atomic E-state index is 8.88. The molecule has 0 aliphatic heterocycles. The summed E-state index contributed by atoms with van der Waals surface area (Å²) < 4.78 is 2.07. The molecule has 0 fully saturated rings. The molecule has 0 amide bonds. The number of nitrogens with zero attached hydrogens (tertiary/aromatic N) is 1. The van der Waals surface area contributed by atoms with Crippen molar-refractivity contribution in [3.05, 3.63) is 23.0 Å². The standard InChI is InChI=1S/C9H16N2O/c1-6-4-8(9(10)5-12)7(2)11(6)3/h4,9,12H,5,10H2,1-3H3/t9-/m0/s1. The molecule has 1 aromatic heterocycles. The van der Waals surface area contributed by atoms with Crippen molar-refractivity contribution in [1.29, 1.82) is 0 Å². The van der Waals surface area contributed by atoms with Gasteiger partial charge in [0.1, 0.15) is 0 Å². The molecule has 1 heterocycles. The van der Waals surface area contributed by atoms with Crippen molar-refractivity contribution in [3.8, 4) is 0 Å². The van der Waals surface area contributed by atoms with Crippen LogP contribution in [0.4, 0.5) is 0 Å². The Hall–Kier alpha value is -0.800. The maximum atomic E-state index is 8.88. The summed E-state index contributed by atoms with van der Waals surface area (Å²) in [6, 6.07) is 1.78. The molecule has 1 rings (SSSR count). The molecule has 12 heavy (non-hydrogen) atoms. The number of aliphatic hydroxyl groups excluding tert-OH is 1. The lowest BCUT2D eigenvalue weighted by Crippen LogP contribution is -2.15. The third kappa shape index (κ3) is 1.38. The van der Waals surface area contributed by atoms with Gasteiger partial charge in [0.25, 0.3) is 0 Å². The topological polar surface area (TPSA) is 51.2 Å². The van der Waals surface area contributed by atoms with Crippen LogP contribution in [0, 0.1) is 13.8 Å². The van der Waals surface area contributed by atoms with Crippen LogP contribution in [0.15, 0.2) is 6.07 Å². The third-order valence-corrected chi connectivity index (χ3v) is 2.41. The van der Waals surface area contributed by atoms with E-state index < -0.39 is 0 Å². The van der Waals surface area contributed by atoms with Gasteiger partial charge in [-0.15, -0.1) is 0 Å². The van der Waals surface area contributed by atoms with Crippen LogP contribution in [-0.2, 0) is 7.05 Å². The molecule has 0 saturated heterocycles. The first-order chi connectivity index (χ1) is 5.57. The Labute approximate surface area is 72.8 Å². The molecule has 0 unspecified atom stereocenters. The second-order valence-corrected chi connectivity index (χ2v) is 3.17. The SMILES string of the molecule is Cc1cc([C@@H](N)CO)c(C)n1C. The molecule has 1 atom stereocenters. The quantitative estimate of drug-likeness (QED) is 0.680. The number of nitrogens with two attached hydrogens (primary N) is 1. The van der Waals surface area contributed by atoms with Gasteiger partial charge in [-0.3, -0.25) is 0 Å². The Morgan fingerprint density at radius 2 is 2.17 bits per heavy atom. The molecule has 0 aliphatic carbocycles. The fourth-order valence-electron chi connectivity index (χ4n) is 1.36. The zero-order valence-electron chi connectivity index (χ0n) is 7.83. The zero-order chi connectivity index (χ0) is 9.30. The molecular weight excluding hydrogens is 152 g/mol. The van der Waals surface area contributed by atoms with E-state index in [4.69, 9.17) is 10.8 Å². The molecular formula is C9H16N2O. The maximum Gasteiger partial charge on any atom is 0.0625 e. The van der Waals surface area contributed by atoms with E-state index in [1.807, 2.05) is 27.0 Å². The fraction of sp³-hybridized carbons (Fsp3) is 0.556. The molecule has 0 radical (unpaired) electrons. The number of rotatable bonds is 2. The summed E-state index contributed by atoms with van der Waals surface area (Å²) in [5, 5.41) is 8.88. The summed E-state index contributed by atoms with van der Waals surface area (Å²) >= 11 is 0. The van der Waals surface area contributed by atoms with Crippen LogP contribution < -0.4 is 5.73 Å². The van der Waals surface area contributed by atoms with Crippen molar-refractivity contribution in [2.24, 2.45) is 12.8 Å². The van der Waals surface area contributed by atoms with Gasteiger partial charge in [0.2, 0.25) is 0 Å². The van der Waals surface area contributed by atoms with Crippen molar-refractivity contribution < 1.29 is 5.11 Å². The number of aryl methyl sites for hydroxylation is 1. The van der Waals surface area contributed by atoms with Gasteiger partial charge >= 0.3 is 0 Å². The Morgan fingerprint density at radius 1 is 1.58 bits per heavy atom. The van der Waals surface area contributed by atoms with E-state index in [0.29, 0.717) is 0 Å². The van der Waals surface area contributed by atoms with Gasteiger partial charge in [0.05, 0.1) is 12.6 Å². The lowest BCUT2D eigenvalue weighted by atomic mass is 10.1. The zero-order valence-corrected chi connectivity index (χ0v) is 7.83. The van der Waals surface area contributed by atoms with Crippen molar-refractivity contribution in [1.82, 2.24) is 4.57 Å². The summed E-state index contributed by atoms with van der Waals surface area (Å²) in [6.07, 6.45) is 0. The number of aromatic nitrogens is 1. The van der Waals surface area contributed by atoms with Crippen molar-refractivity contribution in [3.63, 3.8) is 0 Å². The Kier molecular flexibility index (Phi) is 2.55. The highest BCUT2D eigenvalue weighted by molar-refractivity contribution is 5.29. The van der Waals surface area contributed by atoms with E-state index in [1.54, 1.807) is 0 Å². The highest BCUT2D eigenvalue weighted by Gasteiger charge is 2.11. The van der Waals surface area contributed by atoms with Gasteiger partial charge in [-0.05, 0) is 25.5 Å². The highest BCUT2D eigenvalue weighted by atomic mass is 16.3. The van der Waals surface area contributed by atoms with Crippen LogP contribution in [0.3, 0.4) is 0 Å². The Morgan fingerprint density at radius 3 is 2.50 bits per heavy atom. The Balaban J connectivity index is 3.08. The van der Waals surface area contributed by atoms with E-state index >= 15 is 0 Å². The van der Waals surface area contributed by atoms with Gasteiger partial charge < -0.3 is 15.4 Å². The molecule has 3 N–H and O–H groups in total. The van der Waals surface area contributed by atoms with Crippen molar-refractivity contribution in [2.45, 2.75) is 19.9 Å². The molecule has 0 saturated carbocycles. The summed E-state index contributed by atoms with van der Waals surface area (Å²) in [5.74, 6) is 0. The first-order valence-electron chi connectivity index (χ1n) is 4.07. The molecule has 0 aliphatic rings. The van der Waals surface area contributed by atoms with Crippen LogP contribution >= 0.6 is 0 Å². The first kappa shape index (κ1) is 9.29. The van der Waals surface area contributed by atoms with Crippen molar-refractivity contribution in [2.75, 3.05) is 6.61 Å². The summed E-state index contributed by atoms with van der Waals surface area (Å²) in [5.41, 5.74) is 9.06. The fourth-order valence-corrected chi connectivity index (χ4v) is 1.36. The third-order valence-electron chi connectivity index (χ3n) is 2.41. The first-order valence-corrected chi connectivity index (χ1v) is 4.07. The average Bonchev–Trinajstić information content (AvgIpc) is 2.32. The van der Waals surface area contributed by atoms with Gasteiger partial charge in [-0.1, -0.05) is 0 Å². The number of hydrogen-bond acceptors (Lipinski definition) is 2. The molecule has 0 spiro atoms. The number of hydrogen-bond donors (Lipinski definition) is 2. The van der Waals surface area contributed by atoms with Crippen LogP contribution in [0.25, 0.3) is 0 Å². The van der Waals surface area contributed by atoms with Gasteiger partial charge in [-0.25, -0.2) is 0 Å². The molecule has 3 heteroatoms. The molecule has 1 aromatic rings. The monoisotopic (exact) mass is 168 g/mol. The smallest absolute Gasteiger partial charge is 0.0625 e. The van der Waals surface area contributed by atoms with E-state index in [9.17, 15) is 0 Å². The molecule has 0 aromatic carbocycles. The number of aliphatic hydroxyl groups is 1. The van der Waals surface area contributed by atoms with Crippen LogP contribution in [0.1, 0.15) is 23.0 Å². The summed E-state index contributed by atoms with van der Waals surface area (Å²) in [7, 11) is 2.00. The van der Waals surface area contributed by atoms with Gasteiger partial charge in [-0.2, -0.15) is 0 Å². The lowest BCUT2D eigenvalue weighted by molar-refractivity contribution is 0.267. The minimum absolute atomic E-state index is 0.00426. The predicted octanol–water partition coefficient (Wildman–Crippen LogP) is 0.634. The predicted molar refractivity (Wildman–Crippen MR) is 48.9 cm³/mol. The average molecular weight is 168 g/mol. The van der Waals surface area contributed by atoms with Crippen LogP contribution in [0.2, 0.25) is 0 Å². The van der Waals surface area contributed by atoms with E-state index in [0.717, 1.165) is 11.3 Å². The van der Waals surface area contributed by atoms with E-state index in [2.05, 4.69) is 4.57 Å². The normalized spacial score (nSPS) is 13.4. The molecule has 68 valence electrons. The second kappa shape index (κ2) is 3.29. The van der Waals surface area contributed by atoms with E-state index in [1.165, 1.54) is 5.69 Å². The largest absolute Gasteiger partial charge is 0.394 e. The second-order valence-electron chi connectivity index (χ2n) is 3.17. The van der Waals surface area contributed by atoms with Gasteiger partial charge in [0, 0.05) is 18.4 Å². The van der Waals surface area contributed by atoms with Gasteiger partial charge in [0.15, 0.2) is 0 Å². The lowest BCUT2D eigenvalue weighted by Gasteiger charge is -2.07. The van der Waals surface area contributed by atoms with Crippen molar-refractivity contribution >= 4 is 0 Å². The summed E-state index contributed by atoms with van der Waals surface area (Å²) in [4.78, 5) is 0. The van der Waals surface area contributed by atoms with Crippen LogP contribution in [-0.4, -0.2) is 16.3 Å². The molecule has 0 bridgehead atoms. The highest BCUT2D eigenvalue weighted by Crippen LogP contribution is 2.18. The van der Waals surface area contributed by atoms with E-state index in [-0.39, 0.29) is 12.6 Å². The minimum atomic E-state index is -0.245.